The Bertz CT molecular complexity index is 1460. The van der Waals surface area contributed by atoms with Crippen molar-refractivity contribution >= 4 is 39.8 Å². The van der Waals surface area contributed by atoms with Gasteiger partial charge in [0.25, 0.3) is 5.91 Å². The van der Waals surface area contributed by atoms with E-state index in [1.54, 1.807) is 23.1 Å². The lowest BCUT2D eigenvalue weighted by Crippen LogP contribution is -2.58. The van der Waals surface area contributed by atoms with E-state index in [1.807, 2.05) is 25.8 Å². The van der Waals surface area contributed by atoms with E-state index in [0.717, 1.165) is 19.3 Å². The van der Waals surface area contributed by atoms with Crippen molar-refractivity contribution in [3.05, 3.63) is 36.0 Å². The van der Waals surface area contributed by atoms with Crippen LogP contribution in [0.4, 0.5) is 10.5 Å². The number of hydrogen-bond donors (Lipinski definition) is 1. The fourth-order valence-electron chi connectivity index (χ4n) is 5.82. The van der Waals surface area contributed by atoms with Crippen molar-refractivity contribution in [3.8, 4) is 6.07 Å². The summed E-state index contributed by atoms with van der Waals surface area (Å²) in [5, 5.41) is 11.7. The van der Waals surface area contributed by atoms with Crippen molar-refractivity contribution in [2.45, 2.75) is 75.3 Å². The number of aliphatic imine (C=N–C) groups is 2. The Hall–Kier alpha value is -3.76. The van der Waals surface area contributed by atoms with Crippen LogP contribution in [0.1, 0.15) is 59.3 Å². The Kier molecular flexibility index (Phi) is 8.13. The normalized spacial score (nSPS) is 23.7. The number of carbonyl (C=O) groups is 2. The maximum Gasteiger partial charge on any atom is 0.410 e. The number of rotatable bonds is 5. The number of hydrazine groups is 1. The van der Waals surface area contributed by atoms with Gasteiger partial charge in [0.2, 0.25) is 10.0 Å². The van der Waals surface area contributed by atoms with Crippen LogP contribution in [-0.2, 0) is 19.6 Å². The average molecular weight is 596 g/mol. The zero-order valence-electron chi connectivity index (χ0n) is 24.2. The molecule has 0 spiro atoms. The molecular weight excluding hydrogens is 558 g/mol. The Morgan fingerprint density at radius 3 is 2.43 bits per heavy atom. The quantitative estimate of drug-likeness (QED) is 0.544. The molecule has 4 aliphatic heterocycles. The van der Waals surface area contributed by atoms with Crippen molar-refractivity contribution in [1.82, 2.24) is 19.6 Å². The number of piperidine rings is 2. The first-order valence-corrected chi connectivity index (χ1v) is 15.8. The van der Waals surface area contributed by atoms with Gasteiger partial charge in [0.05, 0.1) is 34.3 Å². The highest BCUT2D eigenvalue weighted by Gasteiger charge is 2.50. The first kappa shape index (κ1) is 29.7. The van der Waals surface area contributed by atoms with Crippen LogP contribution >= 0.6 is 0 Å². The van der Waals surface area contributed by atoms with Gasteiger partial charge in [-0.05, 0) is 76.8 Å². The lowest BCUT2D eigenvalue weighted by atomic mass is 9.83. The summed E-state index contributed by atoms with van der Waals surface area (Å²) in [7, 11) is -3.58. The van der Waals surface area contributed by atoms with Crippen LogP contribution in [-0.4, -0.2) is 84.0 Å². The number of carbonyl (C=O) groups excluding carboxylic acids is 2. The molecule has 224 valence electrons. The van der Waals surface area contributed by atoms with E-state index >= 15 is 0 Å². The van der Waals surface area contributed by atoms with Gasteiger partial charge >= 0.3 is 6.09 Å². The highest BCUT2D eigenvalue weighted by molar-refractivity contribution is 7.89. The SMILES string of the molecule is CC(C)(C)OC(=O)N1CCC(CC#N)(N2NC(=Nc3ccc(S(=O)(=O)N4CCCCC4)cc3)C3C(=O)N=CC=C32)CC1. The Labute approximate surface area is 246 Å². The molecule has 1 aromatic rings. The molecule has 1 unspecified atom stereocenters. The number of benzene rings is 1. The Morgan fingerprint density at radius 1 is 1.14 bits per heavy atom. The first-order chi connectivity index (χ1) is 19.9. The molecule has 12 nitrogen and oxygen atoms in total. The molecule has 1 aromatic carbocycles. The minimum atomic E-state index is -3.58. The molecule has 0 aromatic heterocycles. The molecule has 0 bridgehead atoms. The van der Waals surface area contributed by atoms with Gasteiger partial charge in [0.1, 0.15) is 17.4 Å². The van der Waals surface area contributed by atoms with Crippen LogP contribution in [0.2, 0.25) is 0 Å². The number of nitrogens with zero attached hydrogens (tertiary/aromatic N) is 6. The zero-order valence-corrected chi connectivity index (χ0v) is 25.1. The van der Waals surface area contributed by atoms with E-state index in [2.05, 4.69) is 16.5 Å². The number of dihydropyridines is 1. The number of ether oxygens (including phenoxy) is 1. The number of amidine groups is 1. The summed E-state index contributed by atoms with van der Waals surface area (Å²) < 4.78 is 33.2. The van der Waals surface area contributed by atoms with Crippen molar-refractivity contribution < 1.29 is 22.7 Å². The topological polar surface area (TPSA) is 148 Å². The lowest BCUT2D eigenvalue weighted by molar-refractivity contribution is -0.119. The number of sulfonamides is 1. The summed E-state index contributed by atoms with van der Waals surface area (Å²) >= 11 is 0. The van der Waals surface area contributed by atoms with Crippen molar-refractivity contribution in [3.63, 3.8) is 0 Å². The van der Waals surface area contributed by atoms with Gasteiger partial charge in [-0.15, -0.1) is 0 Å². The third-order valence-corrected chi connectivity index (χ3v) is 9.93. The fraction of sp³-hybridized carbons (Fsp3) is 0.552. The molecule has 4 heterocycles. The number of fused-ring (bicyclic) bond motifs is 1. The van der Waals surface area contributed by atoms with Crippen molar-refractivity contribution in [1.29, 1.82) is 5.26 Å². The molecule has 3 fully saturated rings. The minimum absolute atomic E-state index is 0.161. The largest absolute Gasteiger partial charge is 0.444 e. The molecule has 3 saturated heterocycles. The summed E-state index contributed by atoms with van der Waals surface area (Å²) in [6, 6.07) is 8.62. The van der Waals surface area contributed by atoms with Crippen LogP contribution in [0, 0.1) is 17.2 Å². The molecule has 5 rings (SSSR count). The van der Waals surface area contributed by atoms with Crippen LogP contribution in [0.5, 0.6) is 0 Å². The molecule has 13 heteroatoms. The molecule has 0 aliphatic carbocycles. The second-order valence-corrected chi connectivity index (χ2v) is 14.0. The zero-order chi connectivity index (χ0) is 30.1. The standard InChI is InChI=1S/C29H37N7O5S/c1-28(2,3)41-27(38)34-19-13-29(12-15-30,14-20-34)36-23-11-16-31-26(37)24(23)25(33-36)32-21-7-9-22(10-8-21)42(39,40)35-17-5-4-6-18-35/h7-11,16,24H,4-6,12-14,17-20H2,1-3H3,(H,32,33). The maximum absolute atomic E-state index is 13.1. The van der Waals surface area contributed by atoms with E-state index in [0.29, 0.717) is 56.2 Å². The Balaban J connectivity index is 1.39. The fourth-order valence-corrected chi connectivity index (χ4v) is 7.33. The van der Waals surface area contributed by atoms with E-state index in [1.165, 1.54) is 22.7 Å². The summed E-state index contributed by atoms with van der Waals surface area (Å²) in [6.45, 7) is 7.26. The first-order valence-electron chi connectivity index (χ1n) is 14.3. The third-order valence-electron chi connectivity index (χ3n) is 8.02. The lowest BCUT2D eigenvalue weighted by Gasteiger charge is -2.47. The summed E-state index contributed by atoms with van der Waals surface area (Å²) in [5.74, 6) is -0.823. The van der Waals surface area contributed by atoms with Gasteiger partial charge in [0.15, 0.2) is 0 Å². The molecule has 2 amide bonds. The van der Waals surface area contributed by atoms with Crippen molar-refractivity contribution in [2.75, 3.05) is 26.2 Å². The predicted molar refractivity (Wildman–Crippen MR) is 156 cm³/mol. The van der Waals surface area contributed by atoms with Crippen LogP contribution in [0.3, 0.4) is 0 Å². The molecule has 1 N–H and O–H groups in total. The summed E-state index contributed by atoms with van der Waals surface area (Å²) in [6.07, 6.45) is 6.64. The van der Waals surface area contributed by atoms with Crippen molar-refractivity contribution in [2.24, 2.45) is 15.9 Å². The summed E-state index contributed by atoms with van der Waals surface area (Å²) in [5.41, 5.74) is 3.09. The molecule has 4 aliphatic rings. The molecule has 1 atom stereocenters. The smallest absolute Gasteiger partial charge is 0.410 e. The van der Waals surface area contributed by atoms with E-state index in [4.69, 9.17) is 9.73 Å². The highest BCUT2D eigenvalue weighted by atomic mass is 32.2. The molecule has 0 radical (unpaired) electrons. The van der Waals surface area contributed by atoms with Gasteiger partial charge in [-0.1, -0.05) is 6.42 Å². The molecule has 42 heavy (non-hydrogen) atoms. The highest BCUT2D eigenvalue weighted by Crippen LogP contribution is 2.40. The van der Waals surface area contributed by atoms with Crippen LogP contribution in [0.25, 0.3) is 0 Å². The second kappa shape index (κ2) is 11.5. The minimum Gasteiger partial charge on any atom is -0.444 e. The van der Waals surface area contributed by atoms with Gasteiger partial charge in [-0.25, -0.2) is 23.2 Å². The van der Waals surface area contributed by atoms with Gasteiger partial charge in [-0.2, -0.15) is 9.57 Å². The number of nitrogens with one attached hydrogen (secondary N) is 1. The van der Waals surface area contributed by atoms with Gasteiger partial charge in [0, 0.05) is 32.4 Å². The molecular formula is C29H37N7O5S. The number of hydrogen-bond acceptors (Lipinski definition) is 8. The third kappa shape index (κ3) is 5.91. The van der Waals surface area contributed by atoms with Crippen LogP contribution < -0.4 is 5.43 Å². The predicted octanol–water partition coefficient (Wildman–Crippen LogP) is 3.51. The van der Waals surface area contributed by atoms with Crippen LogP contribution in [0.15, 0.2) is 50.9 Å². The second-order valence-electron chi connectivity index (χ2n) is 12.1. The number of nitriles is 1. The number of amides is 2. The number of likely N-dealkylation sites (tertiary alicyclic amines) is 1. The van der Waals surface area contributed by atoms with Gasteiger partial charge in [-0.3, -0.25) is 15.2 Å². The Morgan fingerprint density at radius 2 is 1.81 bits per heavy atom. The monoisotopic (exact) mass is 595 g/mol. The van der Waals surface area contributed by atoms with E-state index < -0.39 is 33.2 Å². The maximum atomic E-state index is 13.1. The van der Waals surface area contributed by atoms with E-state index in [-0.39, 0.29) is 17.2 Å². The average Bonchev–Trinajstić information content (AvgIpc) is 3.33. The molecule has 0 saturated carbocycles. The van der Waals surface area contributed by atoms with E-state index in [9.17, 15) is 23.3 Å². The van der Waals surface area contributed by atoms with Gasteiger partial charge < -0.3 is 9.64 Å². The summed E-state index contributed by atoms with van der Waals surface area (Å²) in [4.78, 5) is 36.2. The number of allylic oxidation sites excluding steroid dienone is 1.